The van der Waals surface area contributed by atoms with Crippen LogP contribution in [0, 0.1) is 5.92 Å². The molecule has 0 fully saturated rings. The Morgan fingerprint density at radius 3 is 2.71 bits per heavy atom. The number of amides is 2. The Morgan fingerprint density at radius 2 is 2.00 bits per heavy atom. The summed E-state index contributed by atoms with van der Waals surface area (Å²) >= 11 is 1.33. The van der Waals surface area contributed by atoms with Gasteiger partial charge in [-0.1, -0.05) is 26.0 Å². The number of esters is 1. The van der Waals surface area contributed by atoms with E-state index in [1.807, 2.05) is 45.0 Å². The number of fused-ring (bicyclic) bond motifs is 1. The van der Waals surface area contributed by atoms with E-state index in [4.69, 9.17) is 4.74 Å². The van der Waals surface area contributed by atoms with Gasteiger partial charge in [-0.2, -0.15) is 0 Å². The fourth-order valence-electron chi connectivity index (χ4n) is 2.05. The summed E-state index contributed by atoms with van der Waals surface area (Å²) in [5.74, 6) is -0.828. The quantitative estimate of drug-likeness (QED) is 0.768. The van der Waals surface area contributed by atoms with Gasteiger partial charge in [-0.25, -0.2) is 0 Å². The lowest BCUT2D eigenvalue weighted by Gasteiger charge is -2.23. The van der Waals surface area contributed by atoms with E-state index in [2.05, 4.69) is 10.6 Å². The van der Waals surface area contributed by atoms with Crippen LogP contribution in [0.4, 0.5) is 5.69 Å². The Labute approximate surface area is 145 Å². The van der Waals surface area contributed by atoms with Gasteiger partial charge in [0, 0.05) is 10.9 Å². The molecule has 0 radical (unpaired) electrons. The number of anilines is 1. The third-order valence-electron chi connectivity index (χ3n) is 3.81. The van der Waals surface area contributed by atoms with Crippen molar-refractivity contribution >= 4 is 35.2 Å². The lowest BCUT2D eigenvalue weighted by molar-refractivity contribution is -0.149. The number of nitrogens with one attached hydrogen (secondary N) is 2. The fraction of sp³-hybridized carbons (Fsp3) is 0.471. The van der Waals surface area contributed by atoms with Crippen molar-refractivity contribution in [3.8, 4) is 0 Å². The largest absolute Gasteiger partial charge is 0.456 e. The normalized spacial score (nSPS) is 17.7. The third-order valence-corrected chi connectivity index (χ3v) is 5.09. The van der Waals surface area contributed by atoms with Crippen molar-refractivity contribution in [3.63, 3.8) is 0 Å². The zero-order valence-corrected chi connectivity index (χ0v) is 14.8. The summed E-state index contributed by atoms with van der Waals surface area (Å²) in [5.41, 5.74) is 0.749. The van der Waals surface area contributed by atoms with Crippen LogP contribution >= 0.6 is 11.8 Å². The van der Waals surface area contributed by atoms with E-state index in [-0.39, 0.29) is 30.9 Å². The minimum atomic E-state index is -0.561. The van der Waals surface area contributed by atoms with E-state index in [9.17, 15) is 14.4 Å². The highest BCUT2D eigenvalue weighted by Gasteiger charge is 2.29. The van der Waals surface area contributed by atoms with Gasteiger partial charge in [0.05, 0.1) is 17.4 Å². The minimum Gasteiger partial charge on any atom is -0.456 e. The van der Waals surface area contributed by atoms with Crippen LogP contribution in [0.15, 0.2) is 29.2 Å². The van der Waals surface area contributed by atoms with Crippen molar-refractivity contribution in [1.29, 1.82) is 0 Å². The van der Waals surface area contributed by atoms with Gasteiger partial charge in [0.25, 0.3) is 5.91 Å². The van der Waals surface area contributed by atoms with E-state index in [0.717, 1.165) is 10.6 Å². The maximum Gasteiger partial charge on any atom is 0.307 e. The summed E-state index contributed by atoms with van der Waals surface area (Å²) in [5, 5.41) is 4.98. The second kappa shape index (κ2) is 8.19. The molecule has 1 heterocycles. The summed E-state index contributed by atoms with van der Waals surface area (Å²) in [6, 6.07) is 7.42. The summed E-state index contributed by atoms with van der Waals surface area (Å²) in [4.78, 5) is 36.6. The van der Waals surface area contributed by atoms with Crippen molar-refractivity contribution in [3.05, 3.63) is 24.3 Å². The summed E-state index contributed by atoms with van der Waals surface area (Å²) < 4.78 is 4.98. The molecule has 2 atom stereocenters. The lowest BCUT2D eigenvalue weighted by Crippen LogP contribution is -2.39. The van der Waals surface area contributed by atoms with Gasteiger partial charge in [0.15, 0.2) is 6.61 Å². The van der Waals surface area contributed by atoms with E-state index in [1.165, 1.54) is 11.8 Å². The van der Waals surface area contributed by atoms with Gasteiger partial charge in [-0.05, 0) is 25.0 Å². The lowest BCUT2D eigenvalue weighted by atomic mass is 10.1. The molecule has 2 rings (SSSR count). The minimum absolute atomic E-state index is 0.00683. The highest BCUT2D eigenvalue weighted by Crippen LogP contribution is 2.36. The first-order chi connectivity index (χ1) is 11.4. The predicted octanol–water partition coefficient (Wildman–Crippen LogP) is 2.19. The second-order valence-electron chi connectivity index (χ2n) is 6.06. The molecule has 0 saturated carbocycles. The van der Waals surface area contributed by atoms with Gasteiger partial charge in [-0.15, -0.1) is 11.8 Å². The second-order valence-corrected chi connectivity index (χ2v) is 7.30. The first-order valence-electron chi connectivity index (χ1n) is 7.88. The Morgan fingerprint density at radius 1 is 1.29 bits per heavy atom. The van der Waals surface area contributed by atoms with Crippen LogP contribution in [0.3, 0.4) is 0 Å². The van der Waals surface area contributed by atoms with Crippen molar-refractivity contribution in [2.45, 2.75) is 43.4 Å². The van der Waals surface area contributed by atoms with Crippen LogP contribution in [0.25, 0.3) is 0 Å². The molecule has 0 bridgehead atoms. The molecule has 0 aromatic heterocycles. The van der Waals surface area contributed by atoms with Gasteiger partial charge in [0.1, 0.15) is 0 Å². The summed E-state index contributed by atoms with van der Waals surface area (Å²) in [6.07, 6.45) is -0.0716. The fourth-order valence-corrected chi connectivity index (χ4v) is 3.14. The van der Waals surface area contributed by atoms with Gasteiger partial charge >= 0.3 is 5.97 Å². The smallest absolute Gasteiger partial charge is 0.307 e. The first-order valence-corrected chi connectivity index (χ1v) is 8.76. The van der Waals surface area contributed by atoms with Crippen LogP contribution in [-0.2, 0) is 19.1 Å². The molecule has 130 valence electrons. The molecule has 1 aliphatic heterocycles. The van der Waals surface area contributed by atoms with E-state index in [1.54, 1.807) is 0 Å². The standard InChI is InChI=1S/C17H22N2O4S/c1-10(2)11(3)18-15(20)9-23-16(21)8-14-17(22)19-12-6-4-5-7-13(12)24-14/h4-7,10-11,14H,8-9H2,1-3H3,(H,18,20)(H,19,22)/t11-,14-/m0/s1. The number of ether oxygens (including phenoxy) is 1. The number of carbonyl (C=O) groups excluding carboxylic acids is 3. The molecule has 0 aliphatic carbocycles. The highest BCUT2D eigenvalue weighted by molar-refractivity contribution is 8.01. The number of benzene rings is 1. The number of hydrogen-bond acceptors (Lipinski definition) is 5. The molecule has 0 spiro atoms. The van der Waals surface area contributed by atoms with Crippen molar-refractivity contribution < 1.29 is 19.1 Å². The molecule has 6 nitrogen and oxygen atoms in total. The Hall–Kier alpha value is -2.02. The third kappa shape index (κ3) is 4.99. The molecule has 2 amide bonds. The zero-order chi connectivity index (χ0) is 17.7. The molecule has 0 unspecified atom stereocenters. The number of para-hydroxylation sites is 1. The number of carbonyl (C=O) groups is 3. The predicted molar refractivity (Wildman–Crippen MR) is 92.7 cm³/mol. The van der Waals surface area contributed by atoms with Gasteiger partial charge < -0.3 is 15.4 Å². The Bertz CT molecular complexity index is 633. The number of hydrogen-bond donors (Lipinski definition) is 2. The van der Waals surface area contributed by atoms with Crippen molar-refractivity contribution in [2.75, 3.05) is 11.9 Å². The maximum atomic E-state index is 12.0. The van der Waals surface area contributed by atoms with Crippen molar-refractivity contribution in [2.24, 2.45) is 5.92 Å². The topological polar surface area (TPSA) is 84.5 Å². The monoisotopic (exact) mass is 350 g/mol. The van der Waals surface area contributed by atoms with Crippen LogP contribution < -0.4 is 10.6 Å². The van der Waals surface area contributed by atoms with E-state index < -0.39 is 11.2 Å². The van der Waals surface area contributed by atoms with Gasteiger partial charge in [-0.3, -0.25) is 14.4 Å². The van der Waals surface area contributed by atoms with Gasteiger partial charge in [0.2, 0.25) is 5.91 Å². The van der Waals surface area contributed by atoms with Crippen LogP contribution in [0.5, 0.6) is 0 Å². The SMILES string of the molecule is CC(C)[C@H](C)NC(=O)COC(=O)C[C@@H]1Sc2ccccc2NC1=O. The van der Waals surface area contributed by atoms with Crippen LogP contribution in [0.2, 0.25) is 0 Å². The molecular weight excluding hydrogens is 328 g/mol. The van der Waals surface area contributed by atoms with Crippen LogP contribution in [0.1, 0.15) is 27.2 Å². The molecule has 0 saturated heterocycles. The molecule has 7 heteroatoms. The van der Waals surface area contributed by atoms with E-state index >= 15 is 0 Å². The molecule has 1 aliphatic rings. The molecular formula is C17H22N2O4S. The number of thioether (sulfide) groups is 1. The average Bonchev–Trinajstić information content (AvgIpc) is 2.53. The van der Waals surface area contributed by atoms with E-state index in [0.29, 0.717) is 5.92 Å². The Kier molecular flexibility index (Phi) is 6.25. The molecule has 24 heavy (non-hydrogen) atoms. The summed E-state index contributed by atoms with van der Waals surface area (Å²) in [7, 11) is 0. The highest BCUT2D eigenvalue weighted by atomic mass is 32.2. The van der Waals surface area contributed by atoms with Crippen molar-refractivity contribution in [1.82, 2.24) is 5.32 Å². The zero-order valence-electron chi connectivity index (χ0n) is 14.0. The molecule has 2 N–H and O–H groups in total. The molecule has 1 aromatic carbocycles. The average molecular weight is 350 g/mol. The van der Waals surface area contributed by atoms with Crippen LogP contribution in [-0.4, -0.2) is 35.7 Å². The maximum absolute atomic E-state index is 12.0. The first kappa shape index (κ1) is 18.3. The summed E-state index contributed by atoms with van der Waals surface area (Å²) in [6.45, 7) is 5.55. The Balaban J connectivity index is 1.81. The number of rotatable bonds is 6. The molecule has 1 aromatic rings.